The van der Waals surface area contributed by atoms with Gasteiger partial charge in [-0.15, -0.1) is 0 Å². The van der Waals surface area contributed by atoms with Crippen molar-refractivity contribution in [1.82, 2.24) is 9.97 Å². The van der Waals surface area contributed by atoms with Crippen molar-refractivity contribution < 1.29 is 4.74 Å². The van der Waals surface area contributed by atoms with E-state index in [1.54, 1.807) is 30.3 Å². The SMILES string of the molecule is N#Cc1cccc(Oc2cc(NN)ncn2)c1. The molecule has 2 rings (SSSR count). The number of hydrazine groups is 1. The Bertz CT molecular complexity index is 564. The zero-order valence-electron chi connectivity index (χ0n) is 8.79. The van der Waals surface area contributed by atoms with Crippen molar-refractivity contribution in [1.29, 1.82) is 5.26 Å². The van der Waals surface area contributed by atoms with Gasteiger partial charge in [0, 0.05) is 6.07 Å². The van der Waals surface area contributed by atoms with Gasteiger partial charge < -0.3 is 10.2 Å². The number of nitrogen functional groups attached to an aromatic ring is 1. The first kappa shape index (κ1) is 10.9. The van der Waals surface area contributed by atoms with Gasteiger partial charge >= 0.3 is 0 Å². The molecule has 0 bridgehead atoms. The Morgan fingerprint density at radius 1 is 1.29 bits per heavy atom. The fraction of sp³-hybridized carbons (Fsp3) is 0. The summed E-state index contributed by atoms with van der Waals surface area (Å²) >= 11 is 0. The number of anilines is 1. The van der Waals surface area contributed by atoms with Crippen molar-refractivity contribution in [3.05, 3.63) is 42.2 Å². The summed E-state index contributed by atoms with van der Waals surface area (Å²) < 4.78 is 5.47. The minimum atomic E-state index is 0.350. The average Bonchev–Trinajstić information content (AvgIpc) is 2.39. The Hall–Kier alpha value is -2.65. The summed E-state index contributed by atoms with van der Waals surface area (Å²) in [4.78, 5) is 7.78. The highest BCUT2D eigenvalue weighted by Gasteiger charge is 2.01. The van der Waals surface area contributed by atoms with Crippen molar-refractivity contribution in [2.75, 3.05) is 5.43 Å². The number of nitrogens with one attached hydrogen (secondary N) is 1. The number of aromatic nitrogens is 2. The third-order valence-corrected chi connectivity index (χ3v) is 1.98. The van der Waals surface area contributed by atoms with Crippen molar-refractivity contribution in [3.8, 4) is 17.7 Å². The molecule has 0 fully saturated rings. The van der Waals surface area contributed by atoms with Crippen LogP contribution in [0.1, 0.15) is 5.56 Å². The van der Waals surface area contributed by atoms with Gasteiger partial charge in [-0.1, -0.05) is 6.07 Å². The first-order chi connectivity index (χ1) is 8.31. The molecule has 0 amide bonds. The van der Waals surface area contributed by atoms with Crippen molar-refractivity contribution in [2.45, 2.75) is 0 Å². The first-order valence-electron chi connectivity index (χ1n) is 4.78. The summed E-state index contributed by atoms with van der Waals surface area (Å²) in [5.41, 5.74) is 2.91. The van der Waals surface area contributed by atoms with Crippen LogP contribution >= 0.6 is 0 Å². The molecule has 1 aromatic heterocycles. The van der Waals surface area contributed by atoms with E-state index < -0.39 is 0 Å². The van der Waals surface area contributed by atoms with E-state index in [1.165, 1.54) is 6.33 Å². The van der Waals surface area contributed by atoms with Gasteiger partial charge in [0.1, 0.15) is 17.9 Å². The number of ether oxygens (including phenoxy) is 1. The third kappa shape index (κ3) is 2.68. The summed E-state index contributed by atoms with van der Waals surface area (Å²) in [6, 6.07) is 10.4. The molecule has 0 saturated heterocycles. The van der Waals surface area contributed by atoms with E-state index in [-0.39, 0.29) is 0 Å². The molecular formula is C11H9N5O. The molecule has 0 atom stereocenters. The first-order valence-corrected chi connectivity index (χ1v) is 4.78. The molecule has 0 aliphatic carbocycles. The van der Waals surface area contributed by atoms with E-state index >= 15 is 0 Å². The molecule has 6 heteroatoms. The monoisotopic (exact) mass is 227 g/mol. The predicted octanol–water partition coefficient (Wildman–Crippen LogP) is 1.43. The quantitative estimate of drug-likeness (QED) is 0.608. The van der Waals surface area contributed by atoms with Gasteiger partial charge in [-0.2, -0.15) is 5.26 Å². The highest BCUT2D eigenvalue weighted by Crippen LogP contribution is 2.21. The van der Waals surface area contributed by atoms with Crippen LogP contribution in [0.3, 0.4) is 0 Å². The van der Waals surface area contributed by atoms with Crippen LogP contribution in [0.4, 0.5) is 5.82 Å². The van der Waals surface area contributed by atoms with Crippen LogP contribution in [-0.4, -0.2) is 9.97 Å². The molecule has 2 aromatic rings. The fourth-order valence-corrected chi connectivity index (χ4v) is 1.22. The van der Waals surface area contributed by atoms with Crippen molar-refractivity contribution in [2.24, 2.45) is 5.84 Å². The molecule has 0 radical (unpaired) electrons. The Kier molecular flexibility index (Phi) is 3.14. The second kappa shape index (κ2) is 4.92. The van der Waals surface area contributed by atoms with Gasteiger partial charge in [-0.05, 0) is 18.2 Å². The number of nitriles is 1. The van der Waals surface area contributed by atoms with Crippen LogP contribution in [0.2, 0.25) is 0 Å². The third-order valence-electron chi connectivity index (χ3n) is 1.98. The summed E-state index contributed by atoms with van der Waals surface area (Å²) in [6.07, 6.45) is 1.33. The minimum absolute atomic E-state index is 0.350. The summed E-state index contributed by atoms with van der Waals surface area (Å²) in [6.45, 7) is 0. The molecule has 0 spiro atoms. The molecular weight excluding hydrogens is 218 g/mol. The lowest BCUT2D eigenvalue weighted by Crippen LogP contribution is -2.08. The second-order valence-corrected chi connectivity index (χ2v) is 3.13. The molecule has 0 saturated carbocycles. The number of hydrogen-bond acceptors (Lipinski definition) is 6. The molecule has 1 heterocycles. The largest absolute Gasteiger partial charge is 0.439 e. The van der Waals surface area contributed by atoms with Gasteiger partial charge in [0.2, 0.25) is 5.88 Å². The van der Waals surface area contributed by atoms with Gasteiger partial charge in [-0.25, -0.2) is 15.8 Å². The van der Waals surface area contributed by atoms with Crippen LogP contribution in [-0.2, 0) is 0 Å². The lowest BCUT2D eigenvalue weighted by molar-refractivity contribution is 0.461. The smallest absolute Gasteiger partial charge is 0.224 e. The molecule has 0 aliphatic heterocycles. The average molecular weight is 227 g/mol. The van der Waals surface area contributed by atoms with Gasteiger partial charge in [0.15, 0.2) is 0 Å². The number of nitrogens with two attached hydrogens (primary N) is 1. The standard InChI is InChI=1S/C11H9N5O/c12-6-8-2-1-3-9(4-8)17-11-5-10(16-13)14-7-15-11/h1-5,7H,13H2,(H,14,15,16). The Morgan fingerprint density at radius 2 is 2.18 bits per heavy atom. The zero-order valence-corrected chi connectivity index (χ0v) is 8.79. The van der Waals surface area contributed by atoms with Crippen LogP contribution in [0.5, 0.6) is 11.6 Å². The van der Waals surface area contributed by atoms with E-state index in [9.17, 15) is 0 Å². The number of rotatable bonds is 3. The molecule has 84 valence electrons. The number of hydrogen-bond donors (Lipinski definition) is 2. The molecule has 0 aliphatic rings. The van der Waals surface area contributed by atoms with Crippen LogP contribution < -0.4 is 16.0 Å². The Balaban J connectivity index is 2.22. The van der Waals surface area contributed by atoms with Crippen LogP contribution in [0.15, 0.2) is 36.7 Å². The maximum atomic E-state index is 8.75. The topological polar surface area (TPSA) is 96.8 Å². The lowest BCUT2D eigenvalue weighted by atomic mass is 10.2. The minimum Gasteiger partial charge on any atom is -0.439 e. The van der Waals surface area contributed by atoms with E-state index in [0.717, 1.165) is 0 Å². The van der Waals surface area contributed by atoms with Gasteiger partial charge in [0.25, 0.3) is 0 Å². The van der Waals surface area contributed by atoms with E-state index in [2.05, 4.69) is 15.4 Å². The second-order valence-electron chi connectivity index (χ2n) is 3.13. The summed E-state index contributed by atoms with van der Waals surface area (Å²) in [5, 5.41) is 8.75. The lowest BCUT2D eigenvalue weighted by Gasteiger charge is -2.05. The van der Waals surface area contributed by atoms with Gasteiger partial charge in [0.05, 0.1) is 11.6 Å². The summed E-state index contributed by atoms with van der Waals surface area (Å²) in [5.74, 6) is 6.55. The van der Waals surface area contributed by atoms with Gasteiger partial charge in [-0.3, -0.25) is 0 Å². The van der Waals surface area contributed by atoms with E-state index in [1.807, 2.05) is 6.07 Å². The Morgan fingerprint density at radius 3 is 2.94 bits per heavy atom. The predicted molar refractivity (Wildman–Crippen MR) is 61.1 cm³/mol. The molecule has 3 N–H and O–H groups in total. The van der Waals surface area contributed by atoms with E-state index in [0.29, 0.717) is 23.0 Å². The highest BCUT2D eigenvalue weighted by atomic mass is 16.5. The number of benzene rings is 1. The number of nitrogens with zero attached hydrogens (tertiary/aromatic N) is 3. The Labute approximate surface area is 97.7 Å². The normalized spacial score (nSPS) is 9.41. The summed E-state index contributed by atoms with van der Waals surface area (Å²) in [7, 11) is 0. The van der Waals surface area contributed by atoms with Crippen LogP contribution in [0.25, 0.3) is 0 Å². The van der Waals surface area contributed by atoms with Crippen molar-refractivity contribution in [3.63, 3.8) is 0 Å². The molecule has 6 nitrogen and oxygen atoms in total. The molecule has 0 unspecified atom stereocenters. The maximum absolute atomic E-state index is 8.75. The van der Waals surface area contributed by atoms with Crippen LogP contribution in [0, 0.1) is 11.3 Å². The molecule has 17 heavy (non-hydrogen) atoms. The molecule has 1 aromatic carbocycles. The fourth-order valence-electron chi connectivity index (χ4n) is 1.22. The highest BCUT2D eigenvalue weighted by molar-refractivity contribution is 5.40. The maximum Gasteiger partial charge on any atom is 0.224 e. The van der Waals surface area contributed by atoms with Crippen molar-refractivity contribution >= 4 is 5.82 Å². The van der Waals surface area contributed by atoms with E-state index in [4.69, 9.17) is 15.8 Å². The zero-order chi connectivity index (χ0) is 12.1.